The summed E-state index contributed by atoms with van der Waals surface area (Å²) < 4.78 is 33.5. The SMILES string of the molecule is Cn1ncc2cc(CN3CCc4cn[nH]c4C3)cnc21.O=C(O)C(F)(F)F. The molecule has 0 radical (unpaired) electrons. The maximum absolute atomic E-state index is 10.6. The zero-order valence-corrected chi connectivity index (χ0v) is 14.4. The molecule has 0 amide bonds. The summed E-state index contributed by atoms with van der Waals surface area (Å²) in [4.78, 5) is 15.8. The number of nitrogens with zero attached hydrogens (tertiary/aromatic N) is 5. The van der Waals surface area contributed by atoms with Crippen LogP contribution in [0.5, 0.6) is 0 Å². The van der Waals surface area contributed by atoms with Crippen LogP contribution in [0.4, 0.5) is 13.2 Å². The van der Waals surface area contributed by atoms with Crippen molar-refractivity contribution in [2.45, 2.75) is 25.7 Å². The van der Waals surface area contributed by atoms with Gasteiger partial charge in [0.15, 0.2) is 5.65 Å². The number of hydrogen-bond acceptors (Lipinski definition) is 5. The van der Waals surface area contributed by atoms with Crippen molar-refractivity contribution < 1.29 is 23.1 Å². The van der Waals surface area contributed by atoms with Crippen LogP contribution < -0.4 is 0 Å². The van der Waals surface area contributed by atoms with E-state index in [1.165, 1.54) is 16.8 Å². The molecule has 2 N–H and O–H groups in total. The van der Waals surface area contributed by atoms with Crippen molar-refractivity contribution >= 4 is 17.0 Å². The number of carboxylic acids is 1. The minimum absolute atomic E-state index is 0.913. The molecule has 27 heavy (non-hydrogen) atoms. The van der Waals surface area contributed by atoms with Gasteiger partial charge in [0.25, 0.3) is 0 Å². The van der Waals surface area contributed by atoms with Crippen LogP contribution in [0.25, 0.3) is 11.0 Å². The zero-order chi connectivity index (χ0) is 19.6. The van der Waals surface area contributed by atoms with E-state index in [0.717, 1.165) is 37.1 Å². The summed E-state index contributed by atoms with van der Waals surface area (Å²) in [5.41, 5.74) is 4.76. The molecule has 0 spiro atoms. The van der Waals surface area contributed by atoms with Gasteiger partial charge in [0.05, 0.1) is 18.1 Å². The number of rotatable bonds is 2. The number of aryl methyl sites for hydroxylation is 1. The van der Waals surface area contributed by atoms with E-state index >= 15 is 0 Å². The average Bonchev–Trinajstić information content (AvgIpc) is 3.21. The number of carboxylic acid groups (broad SMARTS) is 1. The molecule has 8 nitrogen and oxygen atoms in total. The molecule has 11 heteroatoms. The molecule has 1 aliphatic heterocycles. The first-order valence-corrected chi connectivity index (χ1v) is 8.04. The number of aromatic nitrogens is 5. The number of aromatic amines is 1. The van der Waals surface area contributed by atoms with Gasteiger partial charge in [0, 0.05) is 38.3 Å². The first kappa shape index (κ1) is 18.8. The van der Waals surface area contributed by atoms with Crippen LogP contribution in [0.15, 0.2) is 24.7 Å². The summed E-state index contributed by atoms with van der Waals surface area (Å²) in [5, 5.41) is 19.7. The summed E-state index contributed by atoms with van der Waals surface area (Å²) in [6, 6.07) is 2.18. The van der Waals surface area contributed by atoms with Crippen molar-refractivity contribution in [3.05, 3.63) is 41.5 Å². The molecule has 3 aromatic heterocycles. The summed E-state index contributed by atoms with van der Waals surface area (Å²) in [5.74, 6) is -2.76. The summed E-state index contributed by atoms with van der Waals surface area (Å²) in [6.45, 7) is 2.91. The molecule has 0 bridgehead atoms. The van der Waals surface area contributed by atoms with Gasteiger partial charge in [0.1, 0.15) is 0 Å². The highest BCUT2D eigenvalue weighted by Crippen LogP contribution is 2.19. The summed E-state index contributed by atoms with van der Waals surface area (Å²) >= 11 is 0. The zero-order valence-electron chi connectivity index (χ0n) is 14.4. The highest BCUT2D eigenvalue weighted by molar-refractivity contribution is 5.74. The molecule has 0 atom stereocenters. The molecular weight excluding hydrogens is 365 g/mol. The third-order valence-electron chi connectivity index (χ3n) is 4.16. The van der Waals surface area contributed by atoms with E-state index in [1.54, 1.807) is 4.68 Å². The van der Waals surface area contributed by atoms with Crippen molar-refractivity contribution in [3.63, 3.8) is 0 Å². The number of hydrogen-bond donors (Lipinski definition) is 2. The van der Waals surface area contributed by atoms with Crippen LogP contribution >= 0.6 is 0 Å². The number of halogens is 3. The number of fused-ring (bicyclic) bond motifs is 2. The number of carbonyl (C=O) groups is 1. The monoisotopic (exact) mass is 382 g/mol. The van der Waals surface area contributed by atoms with Gasteiger partial charge in [-0.25, -0.2) is 9.78 Å². The molecule has 0 saturated carbocycles. The summed E-state index contributed by atoms with van der Waals surface area (Å²) in [7, 11) is 1.92. The van der Waals surface area contributed by atoms with E-state index in [-0.39, 0.29) is 0 Å². The third kappa shape index (κ3) is 4.42. The van der Waals surface area contributed by atoms with Gasteiger partial charge < -0.3 is 5.11 Å². The maximum Gasteiger partial charge on any atom is 0.490 e. The van der Waals surface area contributed by atoms with Gasteiger partial charge in [-0.15, -0.1) is 0 Å². The van der Waals surface area contributed by atoms with E-state index in [2.05, 4.69) is 31.2 Å². The lowest BCUT2D eigenvalue weighted by atomic mass is 10.1. The highest BCUT2D eigenvalue weighted by atomic mass is 19.4. The fourth-order valence-corrected chi connectivity index (χ4v) is 2.84. The van der Waals surface area contributed by atoms with E-state index in [1.807, 2.05) is 25.6 Å². The lowest BCUT2D eigenvalue weighted by molar-refractivity contribution is -0.192. The van der Waals surface area contributed by atoms with E-state index in [0.29, 0.717) is 0 Å². The molecule has 0 saturated heterocycles. The van der Waals surface area contributed by atoms with Gasteiger partial charge >= 0.3 is 12.1 Å². The van der Waals surface area contributed by atoms with E-state index < -0.39 is 12.1 Å². The van der Waals surface area contributed by atoms with Crippen molar-refractivity contribution in [2.75, 3.05) is 6.54 Å². The molecule has 144 valence electrons. The Bertz CT molecular complexity index is 949. The smallest absolute Gasteiger partial charge is 0.475 e. The van der Waals surface area contributed by atoms with Crippen molar-refractivity contribution in [2.24, 2.45) is 7.05 Å². The second kappa shape index (κ2) is 7.35. The maximum atomic E-state index is 10.6. The highest BCUT2D eigenvalue weighted by Gasteiger charge is 2.38. The fraction of sp³-hybridized carbons (Fsp3) is 0.375. The lowest BCUT2D eigenvalue weighted by Crippen LogP contribution is -2.29. The fourth-order valence-electron chi connectivity index (χ4n) is 2.84. The van der Waals surface area contributed by atoms with Crippen LogP contribution in [-0.2, 0) is 31.4 Å². The van der Waals surface area contributed by atoms with Crippen LogP contribution in [-0.4, -0.2) is 53.7 Å². The van der Waals surface area contributed by atoms with Crippen LogP contribution in [0.1, 0.15) is 16.8 Å². The number of pyridine rings is 1. The number of nitrogens with one attached hydrogen (secondary N) is 1. The van der Waals surface area contributed by atoms with Crippen molar-refractivity contribution in [1.82, 2.24) is 29.9 Å². The Kier molecular flexibility index (Phi) is 5.13. The standard InChI is InChI=1S/C14H16N6.C2HF3O2/c1-19-14-12(7-17-19)4-10(5-15-14)8-20-3-2-11-6-16-18-13(11)9-20;3-2(4,5)1(6)7/h4-7H,2-3,8-9H2,1H3,(H,16,18);(H,6,7). The Morgan fingerprint density at radius 2 is 2.07 bits per heavy atom. The predicted octanol–water partition coefficient (Wildman–Crippen LogP) is 1.88. The van der Waals surface area contributed by atoms with Gasteiger partial charge in [-0.3, -0.25) is 14.7 Å². The average molecular weight is 382 g/mol. The largest absolute Gasteiger partial charge is 0.490 e. The first-order valence-electron chi connectivity index (χ1n) is 8.04. The summed E-state index contributed by atoms with van der Waals surface area (Å²) in [6.07, 6.45) is 1.74. The second-order valence-corrected chi connectivity index (χ2v) is 6.16. The van der Waals surface area contributed by atoms with Gasteiger partial charge in [-0.2, -0.15) is 23.4 Å². The quantitative estimate of drug-likeness (QED) is 0.702. The topological polar surface area (TPSA) is 99.9 Å². The Morgan fingerprint density at radius 3 is 2.78 bits per heavy atom. The second-order valence-electron chi connectivity index (χ2n) is 6.16. The van der Waals surface area contributed by atoms with Crippen molar-refractivity contribution in [1.29, 1.82) is 0 Å². The minimum Gasteiger partial charge on any atom is -0.475 e. The molecule has 0 fully saturated rings. The van der Waals surface area contributed by atoms with Crippen LogP contribution in [0.3, 0.4) is 0 Å². The van der Waals surface area contributed by atoms with E-state index in [9.17, 15) is 13.2 Å². The molecular formula is C16H17F3N6O2. The molecule has 3 aromatic rings. The molecule has 0 unspecified atom stereocenters. The predicted molar refractivity (Wildman–Crippen MR) is 88.6 cm³/mol. The van der Waals surface area contributed by atoms with Gasteiger partial charge in [-0.05, 0) is 23.6 Å². The van der Waals surface area contributed by atoms with Crippen LogP contribution in [0.2, 0.25) is 0 Å². The minimum atomic E-state index is -5.08. The molecule has 1 aliphatic rings. The normalized spacial score (nSPS) is 14.5. The van der Waals surface area contributed by atoms with Gasteiger partial charge in [-0.1, -0.05) is 0 Å². The Balaban J connectivity index is 0.000000260. The number of H-pyrrole nitrogens is 1. The van der Waals surface area contributed by atoms with Crippen LogP contribution in [0, 0.1) is 0 Å². The lowest BCUT2D eigenvalue weighted by Gasteiger charge is -2.26. The van der Waals surface area contributed by atoms with E-state index in [4.69, 9.17) is 9.90 Å². The van der Waals surface area contributed by atoms with Crippen molar-refractivity contribution in [3.8, 4) is 0 Å². The molecule has 4 heterocycles. The Labute approximate surface area is 151 Å². The number of aliphatic carboxylic acids is 1. The Hall–Kier alpha value is -2.95. The molecule has 4 rings (SSSR count). The third-order valence-corrected chi connectivity index (χ3v) is 4.16. The van der Waals surface area contributed by atoms with Gasteiger partial charge in [0.2, 0.25) is 0 Å². The number of alkyl halides is 3. The molecule has 0 aromatic carbocycles. The first-order chi connectivity index (χ1) is 12.7. The Morgan fingerprint density at radius 1 is 1.33 bits per heavy atom. The molecule has 0 aliphatic carbocycles.